The van der Waals surface area contributed by atoms with Crippen LogP contribution in [0, 0.1) is 19.3 Å². The molecule has 25 heavy (non-hydrogen) atoms. The second kappa shape index (κ2) is 7.06. The lowest BCUT2D eigenvalue weighted by Gasteiger charge is -2.12. The Hall–Kier alpha value is -2.68. The van der Waals surface area contributed by atoms with Crippen LogP contribution >= 0.6 is 0 Å². The average Bonchev–Trinajstić information content (AvgIpc) is 3.42. The summed E-state index contributed by atoms with van der Waals surface area (Å²) in [4.78, 5) is 25.0. The van der Waals surface area contributed by atoms with Crippen molar-refractivity contribution in [2.45, 2.75) is 33.2 Å². The van der Waals surface area contributed by atoms with Crippen LogP contribution in [-0.4, -0.2) is 11.7 Å². The topological polar surface area (TPSA) is 46.2 Å². The first kappa shape index (κ1) is 17.2. The average molecular weight is 333 g/mol. The van der Waals surface area contributed by atoms with Gasteiger partial charge in [0.1, 0.15) is 5.41 Å². The van der Waals surface area contributed by atoms with E-state index in [9.17, 15) is 9.59 Å². The molecule has 3 heteroatoms. The lowest BCUT2D eigenvalue weighted by molar-refractivity contribution is -0.133. The summed E-state index contributed by atoms with van der Waals surface area (Å²) >= 11 is 0. The molecule has 0 spiro atoms. The van der Waals surface area contributed by atoms with Crippen LogP contribution in [0.15, 0.2) is 54.6 Å². The van der Waals surface area contributed by atoms with Gasteiger partial charge < -0.3 is 5.32 Å². The predicted molar refractivity (Wildman–Crippen MR) is 99.9 cm³/mol. The monoisotopic (exact) mass is 333 g/mol. The van der Waals surface area contributed by atoms with E-state index in [0.717, 1.165) is 11.1 Å². The van der Waals surface area contributed by atoms with Gasteiger partial charge in [-0.05, 0) is 43.9 Å². The summed E-state index contributed by atoms with van der Waals surface area (Å²) in [5, 5.41) is 2.91. The van der Waals surface area contributed by atoms with Crippen LogP contribution in [0.4, 0.5) is 0 Å². The van der Waals surface area contributed by atoms with E-state index in [1.165, 1.54) is 11.1 Å². The van der Waals surface area contributed by atoms with Crippen molar-refractivity contribution in [1.82, 2.24) is 5.32 Å². The molecule has 1 fully saturated rings. The molecule has 0 aromatic heterocycles. The fourth-order valence-corrected chi connectivity index (χ4v) is 2.78. The van der Waals surface area contributed by atoms with E-state index in [2.05, 4.69) is 5.32 Å². The highest BCUT2D eigenvalue weighted by Crippen LogP contribution is 2.47. The zero-order valence-corrected chi connectivity index (χ0v) is 14.7. The number of allylic oxidation sites excluding steroid dienone is 1. The number of hydrogen-bond acceptors (Lipinski definition) is 2. The second-order valence-corrected chi connectivity index (χ2v) is 6.86. The van der Waals surface area contributed by atoms with Gasteiger partial charge in [-0.25, -0.2) is 0 Å². The smallest absolute Gasteiger partial charge is 0.234 e. The van der Waals surface area contributed by atoms with Crippen LogP contribution < -0.4 is 5.32 Å². The first-order chi connectivity index (χ1) is 12.0. The van der Waals surface area contributed by atoms with Crippen molar-refractivity contribution in [2.24, 2.45) is 5.41 Å². The molecule has 3 rings (SSSR count). The summed E-state index contributed by atoms with van der Waals surface area (Å²) < 4.78 is 0. The van der Waals surface area contributed by atoms with Gasteiger partial charge in [-0.3, -0.25) is 9.59 Å². The molecule has 0 aliphatic heterocycles. The molecule has 128 valence electrons. The standard InChI is InChI=1S/C22H23NO2/c1-16-3-7-18(8-4-16)11-12-20(24)22(13-14-22)21(25)23-15-19-9-5-17(2)6-10-19/h3-12H,13-15H2,1-2H3,(H,23,25)/b12-11+. The van der Waals surface area contributed by atoms with Crippen molar-refractivity contribution in [2.75, 3.05) is 0 Å². The molecule has 0 saturated heterocycles. The fraction of sp³-hybridized carbons (Fsp3) is 0.273. The van der Waals surface area contributed by atoms with Crippen LogP contribution in [0.3, 0.4) is 0 Å². The molecule has 0 radical (unpaired) electrons. The Morgan fingerprint density at radius 2 is 1.52 bits per heavy atom. The zero-order valence-electron chi connectivity index (χ0n) is 14.7. The maximum Gasteiger partial charge on any atom is 0.234 e. The molecule has 0 unspecified atom stereocenters. The third kappa shape index (κ3) is 4.05. The van der Waals surface area contributed by atoms with Crippen molar-refractivity contribution < 1.29 is 9.59 Å². The molecule has 3 nitrogen and oxygen atoms in total. The van der Waals surface area contributed by atoms with Gasteiger partial charge in [-0.1, -0.05) is 65.7 Å². The summed E-state index contributed by atoms with van der Waals surface area (Å²) in [5.74, 6) is -0.263. The highest BCUT2D eigenvalue weighted by atomic mass is 16.2. The first-order valence-corrected chi connectivity index (χ1v) is 8.63. The number of rotatable bonds is 6. The maximum absolute atomic E-state index is 12.5. The van der Waals surface area contributed by atoms with Crippen LogP contribution in [0.25, 0.3) is 6.08 Å². The number of amides is 1. The van der Waals surface area contributed by atoms with E-state index >= 15 is 0 Å². The molecule has 1 saturated carbocycles. The minimum atomic E-state index is -0.855. The van der Waals surface area contributed by atoms with Gasteiger partial charge in [-0.15, -0.1) is 0 Å². The van der Waals surface area contributed by atoms with E-state index in [-0.39, 0.29) is 11.7 Å². The van der Waals surface area contributed by atoms with Gasteiger partial charge in [0, 0.05) is 6.54 Å². The Balaban J connectivity index is 1.60. The molecule has 1 N–H and O–H groups in total. The number of hydrogen-bond donors (Lipinski definition) is 1. The number of carbonyl (C=O) groups is 2. The molecular weight excluding hydrogens is 310 g/mol. The van der Waals surface area contributed by atoms with Crippen molar-refractivity contribution in [3.05, 3.63) is 76.9 Å². The maximum atomic E-state index is 12.5. The van der Waals surface area contributed by atoms with E-state index < -0.39 is 5.41 Å². The predicted octanol–water partition coefficient (Wildman–Crippen LogP) is 3.98. The van der Waals surface area contributed by atoms with Crippen molar-refractivity contribution in [1.29, 1.82) is 0 Å². The van der Waals surface area contributed by atoms with Crippen LogP contribution in [-0.2, 0) is 16.1 Å². The van der Waals surface area contributed by atoms with Crippen molar-refractivity contribution >= 4 is 17.8 Å². The van der Waals surface area contributed by atoms with Crippen LogP contribution in [0.5, 0.6) is 0 Å². The number of nitrogens with one attached hydrogen (secondary N) is 1. The normalized spacial score (nSPS) is 15.1. The van der Waals surface area contributed by atoms with E-state index in [0.29, 0.717) is 19.4 Å². The summed E-state index contributed by atoms with van der Waals surface area (Å²) in [5.41, 5.74) is 3.52. The van der Waals surface area contributed by atoms with Gasteiger partial charge in [0.15, 0.2) is 5.78 Å². The molecule has 0 atom stereocenters. The number of carbonyl (C=O) groups excluding carboxylic acids is 2. The second-order valence-electron chi connectivity index (χ2n) is 6.86. The fourth-order valence-electron chi connectivity index (χ4n) is 2.78. The van der Waals surface area contributed by atoms with Gasteiger partial charge in [0.05, 0.1) is 0 Å². The van der Waals surface area contributed by atoms with Crippen LogP contribution in [0.2, 0.25) is 0 Å². The molecular formula is C22H23NO2. The van der Waals surface area contributed by atoms with Gasteiger partial charge >= 0.3 is 0 Å². The molecule has 2 aromatic rings. The number of benzene rings is 2. The Kier molecular flexibility index (Phi) is 4.84. The summed E-state index contributed by atoms with van der Waals surface area (Å²) in [7, 11) is 0. The molecule has 1 amide bonds. The third-order valence-corrected chi connectivity index (χ3v) is 4.73. The molecule has 1 aliphatic rings. The molecule has 2 aromatic carbocycles. The number of aryl methyl sites for hydroxylation is 2. The van der Waals surface area contributed by atoms with Crippen molar-refractivity contribution in [3.63, 3.8) is 0 Å². The molecule has 0 heterocycles. The van der Waals surface area contributed by atoms with E-state index in [1.54, 1.807) is 12.2 Å². The summed E-state index contributed by atoms with van der Waals surface area (Å²) in [6.07, 6.45) is 4.59. The highest BCUT2D eigenvalue weighted by Gasteiger charge is 2.54. The summed E-state index contributed by atoms with van der Waals surface area (Å²) in [6.45, 7) is 4.51. The number of ketones is 1. The van der Waals surface area contributed by atoms with Crippen molar-refractivity contribution in [3.8, 4) is 0 Å². The van der Waals surface area contributed by atoms with Gasteiger partial charge in [0.2, 0.25) is 5.91 Å². The largest absolute Gasteiger partial charge is 0.351 e. The molecule has 0 bridgehead atoms. The Labute approximate surface area is 148 Å². The third-order valence-electron chi connectivity index (χ3n) is 4.73. The Morgan fingerprint density at radius 1 is 0.960 bits per heavy atom. The zero-order chi connectivity index (χ0) is 17.9. The SMILES string of the molecule is Cc1ccc(/C=C/C(=O)C2(C(=O)NCc3ccc(C)cc3)CC2)cc1. The Bertz CT molecular complexity index is 797. The quantitative estimate of drug-likeness (QED) is 0.642. The molecule has 1 aliphatic carbocycles. The van der Waals surface area contributed by atoms with Gasteiger partial charge in [0.25, 0.3) is 0 Å². The highest BCUT2D eigenvalue weighted by molar-refractivity contribution is 6.14. The minimum absolute atomic E-state index is 0.102. The first-order valence-electron chi connectivity index (χ1n) is 8.63. The lowest BCUT2D eigenvalue weighted by Crippen LogP contribution is -2.36. The summed E-state index contributed by atoms with van der Waals surface area (Å²) in [6, 6.07) is 16.0. The van der Waals surface area contributed by atoms with E-state index in [4.69, 9.17) is 0 Å². The van der Waals surface area contributed by atoms with E-state index in [1.807, 2.05) is 62.4 Å². The van der Waals surface area contributed by atoms with Gasteiger partial charge in [-0.2, -0.15) is 0 Å². The minimum Gasteiger partial charge on any atom is -0.351 e. The lowest BCUT2D eigenvalue weighted by atomic mass is 9.98. The Morgan fingerprint density at radius 3 is 2.08 bits per heavy atom. The van der Waals surface area contributed by atoms with Crippen LogP contribution in [0.1, 0.15) is 35.1 Å².